The highest BCUT2D eigenvalue weighted by Gasteiger charge is 2.54. The standard InChI is InChI=1S/C35H52O10Si/c1-13-14-41-32-28-24(16-25(39-11)30(32)40-12)34(45-46(19(2)3,20(4)5)21(6)7)35(9,37)22(8)29(36)23-15-26-31(44-18-42-26)33(27(23)28)43-17-38-10/h13,15-16,19-22,29,34,36-37H,1,14,17-18H2,2-12H3/t22-,29+,34+,35-/m0/s1. The van der Waals surface area contributed by atoms with Crippen molar-refractivity contribution < 1.29 is 47.8 Å². The summed E-state index contributed by atoms with van der Waals surface area (Å²) in [6.07, 6.45) is -0.477. The van der Waals surface area contributed by atoms with Gasteiger partial charge in [-0.3, -0.25) is 0 Å². The van der Waals surface area contributed by atoms with Gasteiger partial charge in [-0.15, -0.1) is 0 Å². The summed E-state index contributed by atoms with van der Waals surface area (Å²) in [4.78, 5) is 0. The molecule has 2 N–H and O–H groups in total. The molecule has 0 fully saturated rings. The Balaban J connectivity index is 2.27. The lowest BCUT2D eigenvalue weighted by Crippen LogP contribution is -2.54. The molecular formula is C35H52O10Si. The Labute approximate surface area is 274 Å². The van der Waals surface area contributed by atoms with Gasteiger partial charge in [0.25, 0.3) is 0 Å². The fourth-order valence-electron chi connectivity index (χ4n) is 7.44. The lowest BCUT2D eigenvalue weighted by atomic mass is 9.72. The molecule has 0 saturated carbocycles. The number of hydrogen-bond donors (Lipinski definition) is 2. The lowest BCUT2D eigenvalue weighted by Gasteiger charge is -2.50. The molecular weight excluding hydrogens is 608 g/mol. The summed E-state index contributed by atoms with van der Waals surface area (Å²) in [6.45, 7) is 20.6. The first kappa shape index (κ1) is 35.9. The SMILES string of the molecule is C=CCOc1c(OC)c(OC)cc2c1-c1c(cc3c(c1OCOC)OCO3)[C@H](O)[C@H](C)[C@](C)(O)[C@@H]2O[Si](C(C)C)(C(C)C)C(C)C. The molecule has 0 radical (unpaired) electrons. The van der Waals surface area contributed by atoms with E-state index in [9.17, 15) is 10.2 Å². The largest absolute Gasteiger partial charge is 0.493 e. The Bertz CT molecular complexity index is 1380. The van der Waals surface area contributed by atoms with Gasteiger partial charge >= 0.3 is 0 Å². The van der Waals surface area contributed by atoms with Gasteiger partial charge < -0.3 is 47.8 Å². The molecule has 2 aromatic carbocycles. The number of aliphatic hydroxyl groups excluding tert-OH is 1. The summed E-state index contributed by atoms with van der Waals surface area (Å²) >= 11 is 0. The Morgan fingerprint density at radius 1 is 0.935 bits per heavy atom. The summed E-state index contributed by atoms with van der Waals surface area (Å²) in [5.74, 6) is 1.39. The third-order valence-corrected chi connectivity index (χ3v) is 15.8. The Hall–Kier alpha value is -2.96. The normalized spacial score (nSPS) is 22.3. The Morgan fingerprint density at radius 2 is 1.57 bits per heavy atom. The first-order chi connectivity index (χ1) is 21.7. The van der Waals surface area contributed by atoms with Crippen molar-refractivity contribution in [3.05, 3.63) is 35.9 Å². The first-order valence-corrected chi connectivity index (χ1v) is 18.1. The predicted octanol–water partition coefficient (Wildman–Crippen LogP) is 7.31. The Morgan fingerprint density at radius 3 is 2.11 bits per heavy atom. The number of aliphatic hydroxyl groups is 2. The maximum Gasteiger partial charge on any atom is 0.231 e. The van der Waals surface area contributed by atoms with Crippen molar-refractivity contribution in [2.75, 3.05) is 41.5 Å². The second kappa shape index (κ2) is 14.0. The zero-order valence-electron chi connectivity index (χ0n) is 29.2. The van der Waals surface area contributed by atoms with E-state index in [2.05, 4.69) is 48.1 Å². The van der Waals surface area contributed by atoms with Crippen molar-refractivity contribution in [3.8, 4) is 45.6 Å². The van der Waals surface area contributed by atoms with Crippen LogP contribution in [0.1, 0.15) is 78.7 Å². The van der Waals surface area contributed by atoms with Gasteiger partial charge in [0.15, 0.2) is 29.8 Å². The third-order valence-electron chi connectivity index (χ3n) is 9.78. The van der Waals surface area contributed by atoms with Crippen molar-refractivity contribution in [1.29, 1.82) is 0 Å². The van der Waals surface area contributed by atoms with E-state index in [0.717, 1.165) is 0 Å². The number of ether oxygens (including phenoxy) is 7. The summed E-state index contributed by atoms with van der Waals surface area (Å²) in [5.41, 5.74) is 1.09. The van der Waals surface area contributed by atoms with Crippen LogP contribution in [-0.2, 0) is 9.16 Å². The molecule has 1 aliphatic heterocycles. The van der Waals surface area contributed by atoms with Crippen LogP contribution in [0, 0.1) is 5.92 Å². The highest BCUT2D eigenvalue weighted by molar-refractivity contribution is 6.77. The van der Waals surface area contributed by atoms with E-state index in [1.54, 1.807) is 26.2 Å². The van der Waals surface area contributed by atoms with Crippen LogP contribution in [-0.4, -0.2) is 65.7 Å². The van der Waals surface area contributed by atoms with Crippen LogP contribution in [0.25, 0.3) is 11.1 Å². The number of benzene rings is 2. The Kier molecular flexibility index (Phi) is 10.9. The lowest BCUT2D eigenvalue weighted by molar-refractivity contribution is -0.125. The molecule has 4 atom stereocenters. The van der Waals surface area contributed by atoms with Crippen LogP contribution in [0.2, 0.25) is 16.6 Å². The van der Waals surface area contributed by atoms with Gasteiger partial charge in [-0.1, -0.05) is 61.1 Å². The number of fused-ring (bicyclic) bond motifs is 4. The van der Waals surface area contributed by atoms with Crippen molar-refractivity contribution in [3.63, 3.8) is 0 Å². The summed E-state index contributed by atoms with van der Waals surface area (Å²) < 4.78 is 49.0. The summed E-state index contributed by atoms with van der Waals surface area (Å²) in [5, 5.41) is 24.9. The minimum absolute atomic E-state index is 0.0272. The van der Waals surface area contributed by atoms with Gasteiger partial charge in [0.1, 0.15) is 12.7 Å². The van der Waals surface area contributed by atoms with E-state index in [0.29, 0.717) is 56.8 Å². The van der Waals surface area contributed by atoms with Gasteiger partial charge in [-0.25, -0.2) is 0 Å². The topological polar surface area (TPSA) is 114 Å². The van der Waals surface area contributed by atoms with Crippen molar-refractivity contribution >= 4 is 8.32 Å². The highest BCUT2D eigenvalue weighted by atomic mass is 28.4. The van der Waals surface area contributed by atoms with Crippen LogP contribution in [0.15, 0.2) is 24.8 Å². The van der Waals surface area contributed by atoms with Gasteiger partial charge in [-0.2, -0.15) is 0 Å². The van der Waals surface area contributed by atoms with Crippen LogP contribution < -0.4 is 28.4 Å². The average Bonchev–Trinajstić information content (AvgIpc) is 3.49. The number of rotatable bonds is 13. The molecule has 256 valence electrons. The minimum atomic E-state index is -2.66. The fraction of sp³-hybridized carbons (Fsp3) is 0.600. The van der Waals surface area contributed by atoms with Crippen LogP contribution in [0.4, 0.5) is 0 Å². The van der Waals surface area contributed by atoms with Gasteiger partial charge in [0.2, 0.25) is 26.6 Å². The van der Waals surface area contributed by atoms with Crippen molar-refractivity contribution in [2.45, 2.75) is 89.8 Å². The molecule has 2 aromatic rings. The van der Waals surface area contributed by atoms with Crippen molar-refractivity contribution in [1.82, 2.24) is 0 Å². The van der Waals surface area contributed by atoms with Crippen LogP contribution in [0.5, 0.6) is 34.5 Å². The van der Waals surface area contributed by atoms with E-state index in [4.69, 9.17) is 37.6 Å². The molecule has 0 spiro atoms. The zero-order chi connectivity index (χ0) is 34.1. The molecule has 0 unspecified atom stereocenters. The quantitative estimate of drug-likeness (QED) is 0.129. The fourth-order valence-corrected chi connectivity index (χ4v) is 13.0. The van der Waals surface area contributed by atoms with Crippen LogP contribution >= 0.6 is 0 Å². The molecule has 4 rings (SSSR count). The highest BCUT2D eigenvalue weighted by Crippen LogP contribution is 2.62. The van der Waals surface area contributed by atoms with E-state index in [-0.39, 0.29) is 36.8 Å². The predicted molar refractivity (Wildman–Crippen MR) is 179 cm³/mol. The maximum absolute atomic E-state index is 12.7. The summed E-state index contributed by atoms with van der Waals surface area (Å²) in [6, 6.07) is 3.58. The molecule has 0 saturated heterocycles. The second-order valence-electron chi connectivity index (χ2n) is 13.2. The third kappa shape index (κ3) is 5.85. The van der Waals surface area contributed by atoms with Gasteiger partial charge in [-0.05, 0) is 46.8 Å². The molecule has 46 heavy (non-hydrogen) atoms. The van der Waals surface area contributed by atoms with Crippen LogP contribution in [0.3, 0.4) is 0 Å². The summed E-state index contributed by atoms with van der Waals surface area (Å²) in [7, 11) is 1.95. The molecule has 2 aliphatic rings. The molecule has 0 amide bonds. The molecule has 11 heteroatoms. The van der Waals surface area contributed by atoms with E-state index in [1.807, 2.05) is 13.0 Å². The molecule has 0 aromatic heterocycles. The molecule has 1 aliphatic carbocycles. The average molecular weight is 661 g/mol. The smallest absolute Gasteiger partial charge is 0.231 e. The zero-order valence-corrected chi connectivity index (χ0v) is 30.2. The second-order valence-corrected chi connectivity index (χ2v) is 18.6. The molecule has 1 heterocycles. The van der Waals surface area contributed by atoms with E-state index in [1.165, 1.54) is 14.2 Å². The number of methoxy groups -OCH3 is 3. The van der Waals surface area contributed by atoms with Gasteiger partial charge in [0.05, 0.1) is 25.9 Å². The van der Waals surface area contributed by atoms with E-state index >= 15 is 0 Å². The minimum Gasteiger partial charge on any atom is -0.493 e. The van der Waals surface area contributed by atoms with Crippen molar-refractivity contribution in [2.24, 2.45) is 5.92 Å². The molecule has 0 bridgehead atoms. The monoisotopic (exact) mass is 660 g/mol. The maximum atomic E-state index is 12.7. The first-order valence-electron chi connectivity index (χ1n) is 15.9. The van der Waals surface area contributed by atoms with Gasteiger partial charge in [0, 0.05) is 24.2 Å². The number of hydrogen-bond acceptors (Lipinski definition) is 10. The molecule has 10 nitrogen and oxygen atoms in total. The van der Waals surface area contributed by atoms with E-state index < -0.39 is 32.0 Å².